The van der Waals surface area contributed by atoms with E-state index in [0.717, 1.165) is 6.20 Å². The number of aromatic carboxylic acids is 1. The Morgan fingerprint density at radius 1 is 1.07 bits per heavy atom. The van der Waals surface area contributed by atoms with E-state index >= 15 is 0 Å². The Kier molecular flexibility index (Phi) is 4.61. The first-order chi connectivity index (χ1) is 13.9. The molecule has 2 aromatic carbocycles. The van der Waals surface area contributed by atoms with Gasteiger partial charge in [0.25, 0.3) is 5.91 Å². The SMILES string of the molecule is O=C(O)c1cnn(-c2ccccc2)c1NC(=O)c1cc2cc(Cl)ccc2oc1=O. The molecule has 4 rings (SSSR count). The lowest BCUT2D eigenvalue weighted by molar-refractivity contribution is 0.0698. The number of hydrogen-bond donors (Lipinski definition) is 2. The fraction of sp³-hybridized carbons (Fsp3) is 0. The number of benzene rings is 2. The van der Waals surface area contributed by atoms with E-state index in [0.29, 0.717) is 16.1 Å². The van der Waals surface area contributed by atoms with Crippen molar-refractivity contribution in [3.63, 3.8) is 0 Å². The summed E-state index contributed by atoms with van der Waals surface area (Å²) in [5.74, 6) is -2.19. The van der Waals surface area contributed by atoms with Crippen molar-refractivity contribution in [3.8, 4) is 5.69 Å². The topological polar surface area (TPSA) is 114 Å². The molecule has 4 aromatic rings. The van der Waals surface area contributed by atoms with Gasteiger partial charge in [0.1, 0.15) is 16.7 Å². The number of rotatable bonds is 4. The Hall–Kier alpha value is -3.91. The highest BCUT2D eigenvalue weighted by Crippen LogP contribution is 2.22. The second-order valence-electron chi connectivity index (χ2n) is 6.04. The van der Waals surface area contributed by atoms with Gasteiger partial charge in [0, 0.05) is 10.4 Å². The molecule has 0 saturated carbocycles. The number of nitrogens with one attached hydrogen (secondary N) is 1. The molecule has 0 aliphatic heterocycles. The molecular formula is C20H12ClN3O5. The molecule has 0 bridgehead atoms. The molecule has 0 atom stereocenters. The van der Waals surface area contributed by atoms with E-state index in [2.05, 4.69) is 10.4 Å². The minimum Gasteiger partial charge on any atom is -0.477 e. The minimum atomic E-state index is -1.28. The van der Waals surface area contributed by atoms with Crippen molar-refractivity contribution >= 4 is 40.3 Å². The van der Waals surface area contributed by atoms with Crippen LogP contribution in [0.15, 0.2) is 70.0 Å². The maximum atomic E-state index is 12.8. The highest BCUT2D eigenvalue weighted by atomic mass is 35.5. The Bertz CT molecular complexity index is 1310. The molecule has 0 fully saturated rings. The number of fused-ring (bicyclic) bond motifs is 1. The van der Waals surface area contributed by atoms with Gasteiger partial charge in [0.15, 0.2) is 5.82 Å². The number of hydrogen-bond acceptors (Lipinski definition) is 5. The van der Waals surface area contributed by atoms with Gasteiger partial charge < -0.3 is 14.8 Å². The van der Waals surface area contributed by atoms with Crippen LogP contribution in [-0.2, 0) is 0 Å². The first-order valence-corrected chi connectivity index (χ1v) is 8.73. The lowest BCUT2D eigenvalue weighted by Gasteiger charge is -2.10. The highest BCUT2D eigenvalue weighted by Gasteiger charge is 2.22. The minimum absolute atomic E-state index is 0.0840. The van der Waals surface area contributed by atoms with Crippen LogP contribution in [0.4, 0.5) is 5.82 Å². The Morgan fingerprint density at radius 2 is 1.83 bits per heavy atom. The molecule has 2 aromatic heterocycles. The van der Waals surface area contributed by atoms with Crippen molar-refractivity contribution in [1.82, 2.24) is 9.78 Å². The largest absolute Gasteiger partial charge is 0.477 e. The van der Waals surface area contributed by atoms with Crippen molar-refractivity contribution in [1.29, 1.82) is 0 Å². The summed E-state index contributed by atoms with van der Waals surface area (Å²) in [4.78, 5) is 36.6. The number of nitrogens with zero attached hydrogens (tertiary/aromatic N) is 2. The summed E-state index contributed by atoms with van der Waals surface area (Å²) in [6, 6.07) is 14.6. The second kappa shape index (κ2) is 7.25. The van der Waals surface area contributed by atoms with Gasteiger partial charge in [0.2, 0.25) is 0 Å². The number of para-hydroxylation sites is 1. The predicted molar refractivity (Wildman–Crippen MR) is 106 cm³/mol. The molecule has 0 aliphatic carbocycles. The van der Waals surface area contributed by atoms with Crippen molar-refractivity contribution in [2.24, 2.45) is 0 Å². The van der Waals surface area contributed by atoms with Crippen LogP contribution in [0, 0.1) is 0 Å². The van der Waals surface area contributed by atoms with Crippen molar-refractivity contribution < 1.29 is 19.1 Å². The van der Waals surface area contributed by atoms with Gasteiger partial charge in [-0.1, -0.05) is 29.8 Å². The van der Waals surface area contributed by atoms with E-state index in [-0.39, 0.29) is 22.5 Å². The van der Waals surface area contributed by atoms with E-state index in [1.54, 1.807) is 42.5 Å². The van der Waals surface area contributed by atoms with Gasteiger partial charge in [0.05, 0.1) is 11.9 Å². The average Bonchev–Trinajstić information content (AvgIpc) is 3.12. The van der Waals surface area contributed by atoms with Gasteiger partial charge in [-0.2, -0.15) is 5.10 Å². The van der Waals surface area contributed by atoms with Crippen LogP contribution in [0.3, 0.4) is 0 Å². The first-order valence-electron chi connectivity index (χ1n) is 8.35. The third-order valence-electron chi connectivity index (χ3n) is 4.17. The predicted octanol–water partition coefficient (Wildman–Crippen LogP) is 3.58. The van der Waals surface area contributed by atoms with E-state index in [1.165, 1.54) is 16.8 Å². The molecule has 1 amide bonds. The highest BCUT2D eigenvalue weighted by molar-refractivity contribution is 6.31. The quantitative estimate of drug-likeness (QED) is 0.498. The third-order valence-corrected chi connectivity index (χ3v) is 4.41. The smallest absolute Gasteiger partial charge is 0.349 e. The molecule has 0 spiro atoms. The van der Waals surface area contributed by atoms with Crippen LogP contribution in [0.2, 0.25) is 5.02 Å². The van der Waals surface area contributed by atoms with Crippen LogP contribution in [0.25, 0.3) is 16.7 Å². The monoisotopic (exact) mass is 409 g/mol. The van der Waals surface area contributed by atoms with E-state index < -0.39 is 17.5 Å². The molecule has 2 N–H and O–H groups in total. The van der Waals surface area contributed by atoms with Gasteiger partial charge in [-0.15, -0.1) is 0 Å². The zero-order valence-electron chi connectivity index (χ0n) is 14.6. The Morgan fingerprint density at radius 3 is 2.55 bits per heavy atom. The maximum Gasteiger partial charge on any atom is 0.349 e. The number of carbonyl (C=O) groups is 2. The van der Waals surface area contributed by atoms with Crippen LogP contribution in [0.1, 0.15) is 20.7 Å². The summed E-state index contributed by atoms with van der Waals surface area (Å²) in [5, 5.41) is 16.8. The number of carboxylic acids is 1. The zero-order valence-corrected chi connectivity index (χ0v) is 15.4. The van der Waals surface area contributed by atoms with Gasteiger partial charge in [-0.3, -0.25) is 4.79 Å². The summed E-state index contributed by atoms with van der Waals surface area (Å²) in [6.07, 6.45) is 1.12. The standard InChI is InChI=1S/C20H12ClN3O5/c21-12-6-7-16-11(8-12)9-14(20(28)29-16)18(25)23-17-15(19(26)27)10-22-24(17)13-4-2-1-3-5-13/h1-10H,(H,23,25)(H,26,27). The summed E-state index contributed by atoms with van der Waals surface area (Å²) in [6.45, 7) is 0. The number of aromatic nitrogens is 2. The van der Waals surface area contributed by atoms with Crippen LogP contribution >= 0.6 is 11.6 Å². The number of amides is 1. The Labute approximate surface area is 168 Å². The Balaban J connectivity index is 1.78. The summed E-state index contributed by atoms with van der Waals surface area (Å²) < 4.78 is 6.43. The molecule has 8 nitrogen and oxygen atoms in total. The molecular weight excluding hydrogens is 398 g/mol. The van der Waals surface area contributed by atoms with E-state index in [9.17, 15) is 19.5 Å². The normalized spacial score (nSPS) is 10.8. The van der Waals surface area contributed by atoms with Crippen molar-refractivity contribution in [2.45, 2.75) is 0 Å². The van der Waals surface area contributed by atoms with E-state index in [1.807, 2.05) is 0 Å². The fourth-order valence-corrected chi connectivity index (χ4v) is 3.00. The fourth-order valence-electron chi connectivity index (χ4n) is 2.82. The van der Waals surface area contributed by atoms with E-state index in [4.69, 9.17) is 16.0 Å². The number of carboxylic acid groups (broad SMARTS) is 1. The third kappa shape index (κ3) is 3.48. The molecule has 9 heteroatoms. The van der Waals surface area contributed by atoms with Crippen LogP contribution < -0.4 is 10.9 Å². The molecule has 0 radical (unpaired) electrons. The molecule has 29 heavy (non-hydrogen) atoms. The zero-order chi connectivity index (χ0) is 20.5. The summed E-state index contributed by atoms with van der Waals surface area (Å²) in [5.41, 5.74) is -0.573. The van der Waals surface area contributed by atoms with Crippen molar-refractivity contribution in [2.75, 3.05) is 5.32 Å². The molecule has 0 saturated heterocycles. The van der Waals surface area contributed by atoms with Crippen LogP contribution in [-0.4, -0.2) is 26.8 Å². The molecule has 2 heterocycles. The van der Waals surface area contributed by atoms with Crippen molar-refractivity contribution in [3.05, 3.63) is 87.4 Å². The first kappa shape index (κ1) is 18.5. The summed E-state index contributed by atoms with van der Waals surface area (Å²) in [7, 11) is 0. The number of carbonyl (C=O) groups excluding carboxylic acids is 1. The average molecular weight is 410 g/mol. The van der Waals surface area contributed by atoms with Crippen LogP contribution in [0.5, 0.6) is 0 Å². The number of anilines is 1. The number of halogens is 1. The summed E-state index contributed by atoms with van der Waals surface area (Å²) >= 11 is 5.95. The maximum absolute atomic E-state index is 12.8. The molecule has 0 aliphatic rings. The van der Waals surface area contributed by atoms with Gasteiger partial charge >= 0.3 is 11.6 Å². The molecule has 144 valence electrons. The lowest BCUT2D eigenvalue weighted by Crippen LogP contribution is -2.23. The lowest BCUT2D eigenvalue weighted by atomic mass is 10.1. The second-order valence-corrected chi connectivity index (χ2v) is 6.48. The van der Waals surface area contributed by atoms with Gasteiger partial charge in [-0.05, 0) is 36.4 Å². The van der Waals surface area contributed by atoms with Gasteiger partial charge in [-0.25, -0.2) is 14.3 Å². The molecule has 0 unspecified atom stereocenters.